The van der Waals surface area contributed by atoms with Crippen molar-refractivity contribution in [3.63, 3.8) is 0 Å². The summed E-state index contributed by atoms with van der Waals surface area (Å²) in [6, 6.07) is 15.3. The van der Waals surface area contributed by atoms with Gasteiger partial charge in [0.2, 0.25) is 11.8 Å². The molecule has 2 amide bonds. The van der Waals surface area contributed by atoms with Crippen molar-refractivity contribution < 1.29 is 14.0 Å². The molecule has 3 unspecified atom stereocenters. The number of nitrogens with zero attached hydrogens (tertiary/aromatic N) is 2. The number of benzene rings is 2. The van der Waals surface area contributed by atoms with Crippen LogP contribution in [-0.2, 0) is 16.1 Å². The van der Waals surface area contributed by atoms with Crippen LogP contribution in [0.5, 0.6) is 0 Å². The maximum atomic E-state index is 14.2. The van der Waals surface area contributed by atoms with Crippen LogP contribution in [0.15, 0.2) is 59.6 Å². The number of aliphatic imine (C=N–C) groups is 1. The van der Waals surface area contributed by atoms with E-state index in [2.05, 4.69) is 20.9 Å². The molecule has 0 bridgehead atoms. The standard InChI is InChI=1S/C23H24FN5O2S/c24-16-10-5-4-9-15(16)19-27-21(31)18-22(28-19)32-23(26-18)29-12-6-11-17(29)20(30)25-13-14-7-2-1-3-8-14/h1-5,7-10,17-19,22,28H,6,11-13H2,(H,25,30)(H,27,31)/t17-,18?,19?,22?/m1/s1. The summed E-state index contributed by atoms with van der Waals surface area (Å²) >= 11 is 1.44. The molecule has 0 saturated carbocycles. The zero-order valence-electron chi connectivity index (χ0n) is 17.3. The fraction of sp³-hybridized carbons (Fsp3) is 0.348. The second-order valence-corrected chi connectivity index (χ2v) is 9.19. The lowest BCUT2D eigenvalue weighted by atomic mass is 10.1. The van der Waals surface area contributed by atoms with Crippen LogP contribution in [0.1, 0.15) is 30.1 Å². The van der Waals surface area contributed by atoms with Crippen molar-refractivity contribution in [2.75, 3.05) is 6.54 Å². The minimum atomic E-state index is -0.615. The Bertz CT molecular complexity index is 1050. The lowest BCUT2D eigenvalue weighted by molar-refractivity contribution is -0.125. The first-order chi connectivity index (χ1) is 15.6. The molecule has 9 heteroatoms. The number of hydrogen-bond donors (Lipinski definition) is 3. The van der Waals surface area contributed by atoms with Gasteiger partial charge in [-0.05, 0) is 24.5 Å². The van der Waals surface area contributed by atoms with E-state index in [9.17, 15) is 14.0 Å². The Morgan fingerprint density at radius 2 is 1.97 bits per heavy atom. The minimum absolute atomic E-state index is 0.0360. The number of amidine groups is 1. The molecule has 5 rings (SSSR count). The van der Waals surface area contributed by atoms with Gasteiger partial charge in [0, 0.05) is 18.7 Å². The van der Waals surface area contributed by atoms with Gasteiger partial charge in [0.25, 0.3) is 0 Å². The van der Waals surface area contributed by atoms with Crippen LogP contribution >= 0.6 is 11.8 Å². The van der Waals surface area contributed by atoms with Gasteiger partial charge in [0.1, 0.15) is 18.0 Å². The molecule has 2 aromatic rings. The number of halogens is 1. The monoisotopic (exact) mass is 453 g/mol. The molecule has 2 aromatic carbocycles. The van der Waals surface area contributed by atoms with Crippen molar-refractivity contribution in [3.8, 4) is 0 Å². The summed E-state index contributed by atoms with van der Waals surface area (Å²) < 4.78 is 14.2. The number of nitrogens with one attached hydrogen (secondary N) is 3. The molecule has 3 aliphatic heterocycles. The largest absolute Gasteiger partial charge is 0.350 e. The van der Waals surface area contributed by atoms with Crippen LogP contribution in [-0.4, -0.2) is 45.9 Å². The van der Waals surface area contributed by atoms with Gasteiger partial charge in [0.15, 0.2) is 11.2 Å². The Balaban J connectivity index is 1.26. The number of thioether (sulfide) groups is 1. The lowest BCUT2D eigenvalue weighted by Gasteiger charge is -2.32. The molecular formula is C23H24FN5O2S. The number of rotatable bonds is 4. The first kappa shape index (κ1) is 21.0. The predicted octanol–water partition coefficient (Wildman–Crippen LogP) is 2.12. The van der Waals surface area contributed by atoms with E-state index in [0.717, 1.165) is 18.4 Å². The summed E-state index contributed by atoms with van der Waals surface area (Å²) in [7, 11) is 0. The third-order valence-electron chi connectivity index (χ3n) is 5.98. The second kappa shape index (κ2) is 8.91. The fourth-order valence-electron chi connectivity index (χ4n) is 4.34. The van der Waals surface area contributed by atoms with Gasteiger partial charge < -0.3 is 15.5 Å². The van der Waals surface area contributed by atoms with Gasteiger partial charge in [-0.25, -0.2) is 9.38 Å². The Hall–Kier alpha value is -2.91. The van der Waals surface area contributed by atoms with E-state index < -0.39 is 12.2 Å². The molecule has 0 spiro atoms. The lowest BCUT2D eigenvalue weighted by Crippen LogP contribution is -2.56. The van der Waals surface area contributed by atoms with Crippen LogP contribution in [0.25, 0.3) is 0 Å². The van der Waals surface area contributed by atoms with Gasteiger partial charge >= 0.3 is 0 Å². The van der Waals surface area contributed by atoms with Crippen LogP contribution in [0.3, 0.4) is 0 Å². The molecule has 0 aromatic heterocycles. The third-order valence-corrected chi connectivity index (χ3v) is 7.18. The normalized spacial score (nSPS) is 27.0. The van der Waals surface area contributed by atoms with Crippen molar-refractivity contribution in [2.24, 2.45) is 4.99 Å². The highest BCUT2D eigenvalue weighted by Gasteiger charge is 2.45. The quantitative estimate of drug-likeness (QED) is 0.660. The number of carbonyl (C=O) groups is 2. The third kappa shape index (κ3) is 4.10. The zero-order valence-corrected chi connectivity index (χ0v) is 18.1. The van der Waals surface area contributed by atoms with E-state index in [0.29, 0.717) is 23.8 Å². The Morgan fingerprint density at radius 1 is 1.19 bits per heavy atom. The van der Waals surface area contributed by atoms with Crippen LogP contribution in [0, 0.1) is 5.82 Å². The van der Waals surface area contributed by atoms with Gasteiger partial charge in [0.05, 0.1) is 5.37 Å². The van der Waals surface area contributed by atoms with E-state index in [-0.39, 0.29) is 29.0 Å². The van der Waals surface area contributed by atoms with E-state index in [4.69, 9.17) is 0 Å². The van der Waals surface area contributed by atoms with Crippen molar-refractivity contribution >= 4 is 28.7 Å². The Morgan fingerprint density at radius 3 is 2.78 bits per heavy atom. The topological polar surface area (TPSA) is 85.8 Å². The van der Waals surface area contributed by atoms with Gasteiger partial charge in [-0.15, -0.1) is 0 Å². The zero-order chi connectivity index (χ0) is 22.1. The summed E-state index contributed by atoms with van der Waals surface area (Å²) in [6.07, 6.45) is 1.01. The summed E-state index contributed by atoms with van der Waals surface area (Å²) in [5.41, 5.74) is 1.44. The van der Waals surface area contributed by atoms with Crippen molar-refractivity contribution in [3.05, 3.63) is 71.5 Å². The fourth-order valence-corrected chi connectivity index (χ4v) is 5.61. The number of likely N-dealkylation sites (tertiary alicyclic amines) is 1. The molecule has 3 N–H and O–H groups in total. The first-order valence-corrected chi connectivity index (χ1v) is 11.6. The molecule has 32 heavy (non-hydrogen) atoms. The Kier molecular flexibility index (Phi) is 5.84. The highest BCUT2D eigenvalue weighted by atomic mass is 32.2. The second-order valence-electron chi connectivity index (χ2n) is 8.08. The highest BCUT2D eigenvalue weighted by Crippen LogP contribution is 2.35. The minimum Gasteiger partial charge on any atom is -0.350 e. The molecule has 0 aliphatic carbocycles. The number of hydrogen-bond acceptors (Lipinski definition) is 6. The molecule has 0 radical (unpaired) electrons. The molecule has 2 fully saturated rings. The number of amides is 2. The van der Waals surface area contributed by atoms with E-state index in [1.807, 2.05) is 35.2 Å². The first-order valence-electron chi connectivity index (χ1n) is 10.7. The van der Waals surface area contributed by atoms with Gasteiger partial charge in [-0.2, -0.15) is 0 Å². The molecule has 4 atom stereocenters. The Labute approximate surface area is 189 Å². The van der Waals surface area contributed by atoms with Crippen molar-refractivity contribution in [2.45, 2.75) is 43.0 Å². The average molecular weight is 454 g/mol. The van der Waals surface area contributed by atoms with E-state index in [1.165, 1.54) is 17.8 Å². The van der Waals surface area contributed by atoms with Crippen LogP contribution in [0.2, 0.25) is 0 Å². The van der Waals surface area contributed by atoms with Crippen molar-refractivity contribution in [1.82, 2.24) is 20.9 Å². The van der Waals surface area contributed by atoms with Crippen LogP contribution in [0.4, 0.5) is 4.39 Å². The summed E-state index contributed by atoms with van der Waals surface area (Å²) in [4.78, 5) is 32.2. The molecule has 2 saturated heterocycles. The van der Waals surface area contributed by atoms with Crippen LogP contribution < -0.4 is 16.0 Å². The van der Waals surface area contributed by atoms with E-state index >= 15 is 0 Å². The van der Waals surface area contributed by atoms with Gasteiger partial charge in [-0.3, -0.25) is 14.9 Å². The molecule has 7 nitrogen and oxygen atoms in total. The highest BCUT2D eigenvalue weighted by molar-refractivity contribution is 8.14. The summed E-state index contributed by atoms with van der Waals surface area (Å²) in [5.74, 6) is -0.650. The van der Waals surface area contributed by atoms with Crippen molar-refractivity contribution in [1.29, 1.82) is 0 Å². The van der Waals surface area contributed by atoms with Gasteiger partial charge in [-0.1, -0.05) is 60.3 Å². The molecule has 166 valence electrons. The molecule has 3 heterocycles. The number of fused-ring (bicyclic) bond motifs is 1. The SMILES string of the molecule is O=C1NC(c2ccccc2F)NC2SC(N3CCC[C@@H]3C(=O)NCc3ccccc3)=NC12. The summed E-state index contributed by atoms with van der Waals surface area (Å²) in [5, 5.41) is 9.52. The maximum Gasteiger partial charge on any atom is 0.248 e. The summed E-state index contributed by atoms with van der Waals surface area (Å²) in [6.45, 7) is 1.19. The predicted molar refractivity (Wildman–Crippen MR) is 121 cm³/mol. The molecular weight excluding hydrogens is 429 g/mol. The molecule has 3 aliphatic rings. The maximum absolute atomic E-state index is 14.2. The number of carbonyl (C=O) groups excluding carboxylic acids is 2. The van der Waals surface area contributed by atoms with E-state index in [1.54, 1.807) is 18.2 Å². The smallest absolute Gasteiger partial charge is 0.248 e. The average Bonchev–Trinajstić information content (AvgIpc) is 3.46.